The Balaban J connectivity index is 2.38. The van der Waals surface area contributed by atoms with Crippen molar-refractivity contribution < 1.29 is 4.79 Å². The van der Waals surface area contributed by atoms with E-state index in [1.807, 2.05) is 13.8 Å². The van der Waals surface area contributed by atoms with Crippen LogP contribution in [-0.4, -0.2) is 20.3 Å². The molecule has 0 saturated carbocycles. The molecule has 0 unspecified atom stereocenters. The van der Waals surface area contributed by atoms with Crippen molar-refractivity contribution in [1.29, 1.82) is 0 Å². The highest BCUT2D eigenvalue weighted by molar-refractivity contribution is 6.03. The number of amides is 1. The molecule has 0 aliphatic heterocycles. The Morgan fingerprint density at radius 3 is 2.62 bits per heavy atom. The fraction of sp³-hybridized carbons (Fsp3) is 0.400. The van der Waals surface area contributed by atoms with Gasteiger partial charge in [0, 0.05) is 25.9 Å². The lowest BCUT2D eigenvalue weighted by molar-refractivity contribution is 0.102. The Kier molecular flexibility index (Phi) is 4.26. The average Bonchev–Trinajstić information content (AvgIpc) is 2.77. The smallest absolute Gasteiger partial charge is 0.263 e. The number of carbonyl (C=O) groups excluding carboxylic acids is 1. The number of aryl methyl sites for hydroxylation is 3. The van der Waals surface area contributed by atoms with Gasteiger partial charge < -0.3 is 9.88 Å². The highest BCUT2D eigenvalue weighted by atomic mass is 16.2. The zero-order valence-corrected chi connectivity index (χ0v) is 12.8. The lowest BCUT2D eigenvalue weighted by atomic mass is 10.1. The van der Waals surface area contributed by atoms with Gasteiger partial charge in [-0.1, -0.05) is 13.8 Å². The van der Waals surface area contributed by atoms with Gasteiger partial charge in [0.25, 0.3) is 11.5 Å². The second-order valence-electron chi connectivity index (χ2n) is 4.90. The molecule has 0 aliphatic carbocycles. The second kappa shape index (κ2) is 5.95. The minimum atomic E-state index is -0.406. The summed E-state index contributed by atoms with van der Waals surface area (Å²) in [6.45, 7) is 4.05. The Morgan fingerprint density at radius 1 is 1.29 bits per heavy atom. The fourth-order valence-electron chi connectivity index (χ4n) is 2.38. The van der Waals surface area contributed by atoms with Gasteiger partial charge in [0.05, 0.1) is 5.69 Å². The number of carbonyl (C=O) groups is 1. The molecule has 2 aromatic rings. The number of hydrogen-bond donors (Lipinski definition) is 1. The molecule has 0 aliphatic rings. The van der Waals surface area contributed by atoms with Gasteiger partial charge in [-0.15, -0.1) is 0 Å². The highest BCUT2D eigenvalue weighted by Gasteiger charge is 2.18. The molecule has 0 radical (unpaired) electrons. The van der Waals surface area contributed by atoms with Crippen molar-refractivity contribution in [3.8, 4) is 0 Å². The van der Waals surface area contributed by atoms with E-state index >= 15 is 0 Å². The first kappa shape index (κ1) is 15.0. The van der Waals surface area contributed by atoms with Crippen molar-refractivity contribution in [3.05, 3.63) is 45.5 Å². The molecule has 2 aromatic heterocycles. The first-order chi connectivity index (χ1) is 9.99. The first-order valence-electron chi connectivity index (χ1n) is 7.01. The van der Waals surface area contributed by atoms with Gasteiger partial charge >= 0.3 is 0 Å². The summed E-state index contributed by atoms with van der Waals surface area (Å²) in [5.41, 5.74) is 1.80. The van der Waals surface area contributed by atoms with Crippen LogP contribution in [0.5, 0.6) is 0 Å². The fourth-order valence-corrected chi connectivity index (χ4v) is 2.38. The normalized spacial score (nSPS) is 10.7. The van der Waals surface area contributed by atoms with Crippen LogP contribution in [0.1, 0.15) is 35.5 Å². The molecule has 6 heteroatoms. The molecule has 2 heterocycles. The molecular formula is C15H20N4O2. The molecule has 6 nitrogen and oxygen atoms in total. The van der Waals surface area contributed by atoms with Crippen molar-refractivity contribution in [2.45, 2.75) is 26.7 Å². The number of rotatable bonds is 4. The van der Waals surface area contributed by atoms with Crippen molar-refractivity contribution in [2.24, 2.45) is 14.1 Å². The summed E-state index contributed by atoms with van der Waals surface area (Å²) in [6, 6.07) is 3.21. The monoisotopic (exact) mass is 288 g/mol. The summed E-state index contributed by atoms with van der Waals surface area (Å²) in [5, 5.41) is 7.22. The number of nitrogens with zero attached hydrogens (tertiary/aromatic N) is 3. The predicted octanol–water partition coefficient (Wildman–Crippen LogP) is 1.50. The Labute approximate surface area is 123 Å². The van der Waals surface area contributed by atoms with Crippen LogP contribution in [0.4, 0.5) is 5.82 Å². The van der Waals surface area contributed by atoms with Crippen molar-refractivity contribution in [1.82, 2.24) is 14.3 Å². The average molecular weight is 288 g/mol. The minimum absolute atomic E-state index is 0.126. The third kappa shape index (κ3) is 2.74. The summed E-state index contributed by atoms with van der Waals surface area (Å²) in [6.07, 6.45) is 3.20. The number of pyridine rings is 1. The lowest BCUT2D eigenvalue weighted by Gasteiger charge is -2.08. The number of anilines is 1. The van der Waals surface area contributed by atoms with E-state index in [-0.39, 0.29) is 11.1 Å². The van der Waals surface area contributed by atoms with E-state index in [0.29, 0.717) is 5.82 Å². The molecule has 112 valence electrons. The van der Waals surface area contributed by atoms with Crippen LogP contribution in [0.2, 0.25) is 0 Å². The minimum Gasteiger partial charge on any atom is -0.318 e. The maximum absolute atomic E-state index is 12.3. The molecule has 0 bridgehead atoms. The quantitative estimate of drug-likeness (QED) is 0.927. The van der Waals surface area contributed by atoms with E-state index in [1.165, 1.54) is 10.6 Å². The maximum Gasteiger partial charge on any atom is 0.263 e. The first-order valence-corrected chi connectivity index (χ1v) is 7.01. The summed E-state index contributed by atoms with van der Waals surface area (Å²) < 4.78 is 3.04. The topological polar surface area (TPSA) is 68.9 Å². The van der Waals surface area contributed by atoms with Crippen LogP contribution >= 0.6 is 0 Å². The van der Waals surface area contributed by atoms with Gasteiger partial charge in [0.15, 0.2) is 0 Å². The molecule has 0 spiro atoms. The Morgan fingerprint density at radius 2 is 2.00 bits per heavy atom. The standard InChI is InChI=1S/C15H20N4O2/c1-5-10-12(6-2)17-19(4)13(10)16-14(20)11-8-7-9-18(3)15(11)21/h7-9H,5-6H2,1-4H3,(H,16,20). The molecule has 0 atom stereocenters. The molecule has 0 fully saturated rings. The van der Waals surface area contributed by atoms with E-state index < -0.39 is 5.91 Å². The number of aromatic nitrogens is 3. The summed E-state index contributed by atoms with van der Waals surface area (Å²) in [7, 11) is 3.41. The Hall–Kier alpha value is -2.37. The van der Waals surface area contributed by atoms with E-state index in [0.717, 1.165) is 24.1 Å². The van der Waals surface area contributed by atoms with Crippen molar-refractivity contribution in [2.75, 3.05) is 5.32 Å². The molecule has 1 N–H and O–H groups in total. The van der Waals surface area contributed by atoms with Gasteiger partial charge in [-0.05, 0) is 25.0 Å². The van der Waals surface area contributed by atoms with Gasteiger partial charge in [0.2, 0.25) is 0 Å². The Bertz CT molecular complexity index is 728. The molecule has 1 amide bonds. The molecule has 2 rings (SSSR count). The van der Waals surface area contributed by atoms with Crippen molar-refractivity contribution >= 4 is 11.7 Å². The predicted molar refractivity (Wildman–Crippen MR) is 81.6 cm³/mol. The van der Waals surface area contributed by atoms with Crippen LogP contribution in [-0.2, 0) is 26.9 Å². The van der Waals surface area contributed by atoms with E-state index in [1.54, 1.807) is 31.0 Å². The van der Waals surface area contributed by atoms with Crippen LogP contribution in [0.25, 0.3) is 0 Å². The van der Waals surface area contributed by atoms with E-state index in [2.05, 4.69) is 10.4 Å². The van der Waals surface area contributed by atoms with Gasteiger partial charge in [0.1, 0.15) is 11.4 Å². The van der Waals surface area contributed by atoms with Crippen LogP contribution in [0.15, 0.2) is 23.1 Å². The molecule has 21 heavy (non-hydrogen) atoms. The zero-order valence-electron chi connectivity index (χ0n) is 12.8. The molecule has 0 aromatic carbocycles. The third-order valence-corrected chi connectivity index (χ3v) is 3.52. The number of nitrogens with one attached hydrogen (secondary N) is 1. The van der Waals surface area contributed by atoms with Crippen molar-refractivity contribution in [3.63, 3.8) is 0 Å². The maximum atomic E-state index is 12.3. The van der Waals surface area contributed by atoms with E-state index in [4.69, 9.17) is 0 Å². The molecular weight excluding hydrogens is 268 g/mol. The second-order valence-corrected chi connectivity index (χ2v) is 4.90. The SMILES string of the molecule is CCc1nn(C)c(NC(=O)c2cccn(C)c2=O)c1CC. The number of hydrogen-bond acceptors (Lipinski definition) is 3. The van der Waals surface area contributed by atoms with Gasteiger partial charge in [-0.3, -0.25) is 14.3 Å². The van der Waals surface area contributed by atoms with Gasteiger partial charge in [-0.25, -0.2) is 0 Å². The van der Waals surface area contributed by atoms with Crippen LogP contribution < -0.4 is 10.9 Å². The summed E-state index contributed by atoms with van der Waals surface area (Å²) >= 11 is 0. The lowest BCUT2D eigenvalue weighted by Crippen LogP contribution is -2.27. The largest absolute Gasteiger partial charge is 0.318 e. The molecule has 0 saturated heterocycles. The third-order valence-electron chi connectivity index (χ3n) is 3.52. The summed E-state index contributed by atoms with van der Waals surface area (Å²) in [5.74, 6) is 0.252. The van der Waals surface area contributed by atoms with Gasteiger partial charge in [-0.2, -0.15) is 5.10 Å². The van der Waals surface area contributed by atoms with Crippen LogP contribution in [0, 0.1) is 0 Å². The van der Waals surface area contributed by atoms with E-state index in [9.17, 15) is 9.59 Å². The summed E-state index contributed by atoms with van der Waals surface area (Å²) in [4.78, 5) is 24.3. The highest BCUT2D eigenvalue weighted by Crippen LogP contribution is 2.20. The zero-order chi connectivity index (χ0) is 15.6. The van der Waals surface area contributed by atoms with Crippen LogP contribution in [0.3, 0.4) is 0 Å².